The monoisotopic (exact) mass is 517 g/mol. The standard InChI is InChI=1S/C23H21Cl2N5O5/c1-3-30-8-7-13-9-15(5-6-16(13)22(30)32)35-20-17(24)10-14(11-18(20)25)28-29-19(12-26)21(31)27-23(33)34-4-2/h5-6,9-11,28H,3-4,7-8H2,1-2H3,(H,27,31,33). The largest absolute Gasteiger partial charge is 0.454 e. The molecule has 182 valence electrons. The Hall–Kier alpha value is -3.81. The normalized spacial score (nSPS) is 12.9. The lowest BCUT2D eigenvalue weighted by molar-refractivity contribution is -0.114. The first kappa shape index (κ1) is 25.8. The number of nitriles is 1. The summed E-state index contributed by atoms with van der Waals surface area (Å²) >= 11 is 12.7. The summed E-state index contributed by atoms with van der Waals surface area (Å²) in [5.41, 5.74) is 3.66. The first-order valence-corrected chi connectivity index (χ1v) is 11.3. The minimum Gasteiger partial charge on any atom is -0.454 e. The Morgan fingerprint density at radius 3 is 2.54 bits per heavy atom. The molecule has 0 unspecified atom stereocenters. The van der Waals surface area contributed by atoms with E-state index in [9.17, 15) is 14.4 Å². The van der Waals surface area contributed by atoms with Crippen molar-refractivity contribution < 1.29 is 23.9 Å². The number of hydrazone groups is 1. The number of likely N-dealkylation sites (N-methyl/N-ethyl adjacent to an activating group) is 1. The SMILES string of the molecule is CCOC(=O)NC(=O)C(C#N)=NNc1cc(Cl)c(Oc2ccc3c(c2)CCN(CC)C3=O)c(Cl)c1. The van der Waals surface area contributed by atoms with Gasteiger partial charge < -0.3 is 14.4 Å². The molecule has 2 aromatic rings. The highest BCUT2D eigenvalue weighted by Crippen LogP contribution is 2.39. The van der Waals surface area contributed by atoms with E-state index in [0.29, 0.717) is 30.8 Å². The number of rotatable bonds is 7. The van der Waals surface area contributed by atoms with Crippen LogP contribution in [0.4, 0.5) is 10.5 Å². The maximum Gasteiger partial charge on any atom is 0.414 e. The molecule has 3 rings (SSSR count). The number of fused-ring (bicyclic) bond motifs is 1. The predicted octanol–water partition coefficient (Wildman–Crippen LogP) is 4.37. The fourth-order valence-corrected chi connectivity index (χ4v) is 3.85. The molecule has 35 heavy (non-hydrogen) atoms. The molecule has 0 bridgehead atoms. The highest BCUT2D eigenvalue weighted by atomic mass is 35.5. The minimum absolute atomic E-state index is 0.0139. The quantitative estimate of drug-likeness (QED) is 0.411. The molecule has 0 saturated heterocycles. The van der Waals surface area contributed by atoms with Crippen molar-refractivity contribution in [1.82, 2.24) is 10.2 Å². The fraction of sp³-hybridized carbons (Fsp3) is 0.261. The van der Waals surface area contributed by atoms with Gasteiger partial charge in [-0.3, -0.25) is 20.3 Å². The van der Waals surface area contributed by atoms with Crippen LogP contribution in [-0.4, -0.2) is 48.2 Å². The Bertz CT molecular complexity index is 1220. The molecule has 0 saturated carbocycles. The van der Waals surface area contributed by atoms with E-state index >= 15 is 0 Å². The molecule has 0 aromatic heterocycles. The van der Waals surface area contributed by atoms with Gasteiger partial charge >= 0.3 is 6.09 Å². The van der Waals surface area contributed by atoms with Crippen LogP contribution in [0.1, 0.15) is 29.8 Å². The van der Waals surface area contributed by atoms with Crippen LogP contribution in [-0.2, 0) is 16.0 Å². The molecule has 12 heteroatoms. The van der Waals surface area contributed by atoms with Crippen LogP contribution in [0.3, 0.4) is 0 Å². The van der Waals surface area contributed by atoms with Gasteiger partial charge in [0.1, 0.15) is 11.8 Å². The topological polar surface area (TPSA) is 133 Å². The summed E-state index contributed by atoms with van der Waals surface area (Å²) in [5, 5.41) is 15.0. The Morgan fingerprint density at radius 1 is 1.20 bits per heavy atom. The van der Waals surface area contributed by atoms with E-state index in [1.54, 1.807) is 36.1 Å². The van der Waals surface area contributed by atoms with Crippen LogP contribution in [0.15, 0.2) is 35.4 Å². The minimum atomic E-state index is -1.04. The molecule has 2 N–H and O–H groups in total. The van der Waals surface area contributed by atoms with Gasteiger partial charge in [0.05, 0.1) is 22.3 Å². The van der Waals surface area contributed by atoms with E-state index in [4.69, 9.17) is 33.2 Å². The number of alkyl carbamates (subject to hydrolysis) is 1. The van der Waals surface area contributed by atoms with Gasteiger partial charge in [0, 0.05) is 18.7 Å². The van der Waals surface area contributed by atoms with E-state index in [0.717, 1.165) is 5.56 Å². The average molecular weight is 518 g/mol. The van der Waals surface area contributed by atoms with Crippen LogP contribution in [0.2, 0.25) is 10.0 Å². The number of hydrogen-bond acceptors (Lipinski definition) is 8. The van der Waals surface area contributed by atoms with Gasteiger partial charge in [0.15, 0.2) is 5.75 Å². The molecular formula is C23H21Cl2N5O5. The number of carbonyl (C=O) groups is 3. The zero-order chi connectivity index (χ0) is 25.5. The molecule has 2 aromatic carbocycles. The zero-order valence-corrected chi connectivity index (χ0v) is 20.4. The molecule has 3 amide bonds. The third kappa shape index (κ3) is 6.20. The number of carbonyl (C=O) groups excluding carboxylic acids is 3. The van der Waals surface area contributed by atoms with Crippen molar-refractivity contribution >= 4 is 52.5 Å². The van der Waals surface area contributed by atoms with Crippen molar-refractivity contribution in [2.45, 2.75) is 20.3 Å². The maximum atomic E-state index is 12.5. The summed E-state index contributed by atoms with van der Waals surface area (Å²) in [4.78, 5) is 37.5. The second kappa shape index (κ2) is 11.6. The number of amides is 3. The highest BCUT2D eigenvalue weighted by molar-refractivity contribution is 6.47. The van der Waals surface area contributed by atoms with Crippen molar-refractivity contribution in [2.24, 2.45) is 5.10 Å². The van der Waals surface area contributed by atoms with Gasteiger partial charge in [-0.2, -0.15) is 10.4 Å². The lowest BCUT2D eigenvalue weighted by Crippen LogP contribution is -2.37. The van der Waals surface area contributed by atoms with Gasteiger partial charge in [0.2, 0.25) is 5.71 Å². The summed E-state index contributed by atoms with van der Waals surface area (Å²) in [6, 6.07) is 9.61. The molecule has 0 atom stereocenters. The second-order valence-electron chi connectivity index (χ2n) is 7.18. The summed E-state index contributed by atoms with van der Waals surface area (Å²) in [6.07, 6.45) is -0.290. The van der Waals surface area contributed by atoms with E-state index in [1.807, 2.05) is 12.2 Å². The molecule has 1 aliphatic rings. The number of hydrogen-bond donors (Lipinski definition) is 2. The number of nitrogens with zero attached hydrogens (tertiary/aromatic N) is 3. The number of anilines is 1. The van der Waals surface area contributed by atoms with Gasteiger partial charge in [-0.05, 0) is 56.2 Å². The van der Waals surface area contributed by atoms with Crippen molar-refractivity contribution in [3.05, 3.63) is 51.5 Å². The first-order chi connectivity index (χ1) is 16.8. The summed E-state index contributed by atoms with van der Waals surface area (Å²) in [5.74, 6) is -0.407. The van der Waals surface area contributed by atoms with Gasteiger partial charge in [-0.25, -0.2) is 4.79 Å². The molecule has 0 radical (unpaired) electrons. The van der Waals surface area contributed by atoms with Crippen LogP contribution >= 0.6 is 23.2 Å². The van der Waals surface area contributed by atoms with Gasteiger partial charge in [-0.15, -0.1) is 0 Å². The molecule has 0 spiro atoms. The number of imide groups is 1. The van der Waals surface area contributed by atoms with Crippen LogP contribution in [0.25, 0.3) is 0 Å². The van der Waals surface area contributed by atoms with Gasteiger partial charge in [-0.1, -0.05) is 23.2 Å². The van der Waals surface area contributed by atoms with Crippen LogP contribution < -0.4 is 15.5 Å². The summed E-state index contributed by atoms with van der Waals surface area (Å²) in [7, 11) is 0. The Kier molecular flexibility index (Phi) is 8.52. The molecule has 1 heterocycles. The smallest absolute Gasteiger partial charge is 0.414 e. The average Bonchev–Trinajstić information content (AvgIpc) is 2.82. The lowest BCUT2D eigenvalue weighted by Gasteiger charge is -2.27. The molecule has 10 nitrogen and oxygen atoms in total. The van der Waals surface area contributed by atoms with E-state index in [-0.39, 0.29) is 34.0 Å². The molecular weight excluding hydrogens is 497 g/mol. The van der Waals surface area contributed by atoms with Crippen LogP contribution in [0.5, 0.6) is 11.5 Å². The Balaban J connectivity index is 1.74. The number of nitrogens with one attached hydrogen (secondary N) is 2. The Morgan fingerprint density at radius 2 is 1.91 bits per heavy atom. The fourth-order valence-electron chi connectivity index (χ4n) is 3.28. The first-order valence-electron chi connectivity index (χ1n) is 10.6. The second-order valence-corrected chi connectivity index (χ2v) is 8.00. The van der Waals surface area contributed by atoms with E-state index in [1.165, 1.54) is 12.1 Å². The lowest BCUT2D eigenvalue weighted by atomic mass is 9.99. The maximum absolute atomic E-state index is 12.5. The number of benzene rings is 2. The Labute approximate surface area is 211 Å². The summed E-state index contributed by atoms with van der Waals surface area (Å²) < 4.78 is 10.5. The van der Waals surface area contributed by atoms with Crippen molar-refractivity contribution in [3.63, 3.8) is 0 Å². The summed E-state index contributed by atoms with van der Waals surface area (Å²) in [6.45, 7) is 4.85. The molecule has 0 aliphatic carbocycles. The highest BCUT2D eigenvalue weighted by Gasteiger charge is 2.24. The zero-order valence-electron chi connectivity index (χ0n) is 18.9. The van der Waals surface area contributed by atoms with E-state index < -0.39 is 17.7 Å². The van der Waals surface area contributed by atoms with Crippen molar-refractivity contribution in [1.29, 1.82) is 5.26 Å². The third-order valence-corrected chi connectivity index (χ3v) is 5.52. The van der Waals surface area contributed by atoms with Crippen molar-refractivity contribution in [2.75, 3.05) is 25.1 Å². The molecule has 1 aliphatic heterocycles. The van der Waals surface area contributed by atoms with Gasteiger partial charge in [0.25, 0.3) is 11.8 Å². The van der Waals surface area contributed by atoms with Crippen molar-refractivity contribution in [3.8, 4) is 17.6 Å². The molecule has 0 fully saturated rings. The number of ether oxygens (including phenoxy) is 2. The third-order valence-electron chi connectivity index (χ3n) is 4.95. The predicted molar refractivity (Wildman–Crippen MR) is 130 cm³/mol. The van der Waals surface area contributed by atoms with E-state index in [2.05, 4.69) is 15.3 Å². The van der Waals surface area contributed by atoms with Crippen LogP contribution in [0, 0.1) is 11.3 Å². The number of halogens is 2.